The first-order valence-electron chi connectivity index (χ1n) is 10.1. The molecule has 1 unspecified atom stereocenters. The van der Waals surface area contributed by atoms with Crippen molar-refractivity contribution in [3.05, 3.63) is 77.6 Å². The predicted molar refractivity (Wildman–Crippen MR) is 119 cm³/mol. The van der Waals surface area contributed by atoms with Crippen LogP contribution in [0.25, 0.3) is 0 Å². The molecule has 0 fully saturated rings. The van der Waals surface area contributed by atoms with Gasteiger partial charge in [-0.05, 0) is 36.6 Å². The molecule has 1 aliphatic rings. The summed E-state index contributed by atoms with van der Waals surface area (Å²) in [6, 6.07) is 12.1. The van der Waals surface area contributed by atoms with Gasteiger partial charge in [0.25, 0.3) is 10.0 Å². The fraction of sp³-hybridized carbons (Fsp3) is 0.261. The summed E-state index contributed by atoms with van der Waals surface area (Å²) in [7, 11) is -4.02. The smallest absolute Gasteiger partial charge is 0.264 e. The first-order chi connectivity index (χ1) is 15.2. The van der Waals surface area contributed by atoms with Crippen molar-refractivity contribution in [2.75, 3.05) is 6.54 Å². The Morgan fingerprint density at radius 2 is 1.94 bits per heavy atom. The van der Waals surface area contributed by atoms with Gasteiger partial charge >= 0.3 is 0 Å². The Morgan fingerprint density at radius 3 is 2.62 bits per heavy atom. The van der Waals surface area contributed by atoms with E-state index in [1.54, 1.807) is 30.3 Å². The topological polar surface area (TPSA) is 113 Å². The van der Waals surface area contributed by atoms with Crippen LogP contribution >= 0.6 is 0 Å². The van der Waals surface area contributed by atoms with E-state index in [2.05, 4.69) is 10.6 Å². The highest BCUT2D eigenvalue weighted by Crippen LogP contribution is 2.23. The van der Waals surface area contributed by atoms with Crippen LogP contribution in [0.2, 0.25) is 0 Å². The molecule has 0 bridgehead atoms. The SMILES string of the molecule is Cc1ccc(S(=O)(=O)N2C=CNC(=O)[C@H]2CC(=O)NCC(C)c2cccc(C=O)c2)cc1. The van der Waals surface area contributed by atoms with Crippen molar-refractivity contribution in [2.45, 2.75) is 37.1 Å². The van der Waals surface area contributed by atoms with Crippen LogP contribution in [0, 0.1) is 6.92 Å². The summed E-state index contributed by atoms with van der Waals surface area (Å²) < 4.78 is 27.1. The van der Waals surface area contributed by atoms with Gasteiger partial charge in [0.2, 0.25) is 11.8 Å². The Labute approximate surface area is 187 Å². The lowest BCUT2D eigenvalue weighted by atomic mass is 9.99. The number of amides is 2. The van der Waals surface area contributed by atoms with Crippen molar-refractivity contribution >= 4 is 28.1 Å². The molecule has 2 amide bonds. The number of aryl methyl sites for hydroxylation is 1. The highest BCUT2D eigenvalue weighted by molar-refractivity contribution is 7.89. The third-order valence-electron chi connectivity index (χ3n) is 5.25. The third-order valence-corrected chi connectivity index (χ3v) is 7.05. The van der Waals surface area contributed by atoms with Gasteiger partial charge in [0, 0.05) is 24.5 Å². The van der Waals surface area contributed by atoms with E-state index in [4.69, 9.17) is 0 Å². The second-order valence-corrected chi connectivity index (χ2v) is 9.53. The van der Waals surface area contributed by atoms with Crippen LogP contribution in [-0.2, 0) is 19.6 Å². The molecule has 0 saturated heterocycles. The van der Waals surface area contributed by atoms with Gasteiger partial charge in [-0.2, -0.15) is 0 Å². The Balaban J connectivity index is 1.70. The minimum absolute atomic E-state index is 0.0385. The third kappa shape index (κ3) is 5.23. The second-order valence-electron chi connectivity index (χ2n) is 7.69. The van der Waals surface area contributed by atoms with Crippen molar-refractivity contribution in [3.63, 3.8) is 0 Å². The number of hydrogen-bond acceptors (Lipinski definition) is 5. The van der Waals surface area contributed by atoms with Crippen molar-refractivity contribution in [1.82, 2.24) is 14.9 Å². The van der Waals surface area contributed by atoms with E-state index in [1.807, 2.05) is 19.9 Å². The molecule has 32 heavy (non-hydrogen) atoms. The van der Waals surface area contributed by atoms with Crippen LogP contribution in [0.15, 0.2) is 65.8 Å². The largest absolute Gasteiger partial charge is 0.355 e. The van der Waals surface area contributed by atoms with E-state index in [-0.39, 0.29) is 23.8 Å². The van der Waals surface area contributed by atoms with E-state index in [1.165, 1.54) is 24.5 Å². The highest BCUT2D eigenvalue weighted by Gasteiger charge is 2.36. The molecule has 0 saturated carbocycles. The molecule has 3 rings (SSSR count). The Kier molecular flexibility index (Phi) is 7.09. The zero-order valence-corrected chi connectivity index (χ0v) is 18.6. The minimum atomic E-state index is -4.02. The molecule has 8 nitrogen and oxygen atoms in total. The molecule has 0 aliphatic carbocycles. The van der Waals surface area contributed by atoms with E-state index in [0.717, 1.165) is 21.7 Å². The molecular formula is C23H25N3O5S. The van der Waals surface area contributed by atoms with E-state index in [9.17, 15) is 22.8 Å². The maximum Gasteiger partial charge on any atom is 0.264 e. The molecule has 9 heteroatoms. The Morgan fingerprint density at radius 1 is 1.22 bits per heavy atom. The first-order valence-corrected chi connectivity index (χ1v) is 11.6. The van der Waals surface area contributed by atoms with Crippen molar-refractivity contribution < 1.29 is 22.8 Å². The molecule has 2 aromatic carbocycles. The predicted octanol–water partition coefficient (Wildman–Crippen LogP) is 2.08. The summed E-state index contributed by atoms with van der Waals surface area (Å²) in [6.07, 6.45) is 2.92. The van der Waals surface area contributed by atoms with Gasteiger partial charge in [0.1, 0.15) is 12.3 Å². The quantitative estimate of drug-likeness (QED) is 0.592. The van der Waals surface area contributed by atoms with Gasteiger partial charge in [-0.15, -0.1) is 0 Å². The van der Waals surface area contributed by atoms with Gasteiger partial charge in [0.05, 0.1) is 11.3 Å². The number of aldehydes is 1. The molecule has 2 aromatic rings. The summed E-state index contributed by atoms with van der Waals surface area (Å²) in [5.74, 6) is -1.11. The summed E-state index contributed by atoms with van der Waals surface area (Å²) in [5, 5.41) is 5.22. The fourth-order valence-corrected chi connectivity index (χ4v) is 4.79. The van der Waals surface area contributed by atoms with Crippen LogP contribution < -0.4 is 10.6 Å². The summed E-state index contributed by atoms with van der Waals surface area (Å²) in [6.45, 7) is 4.01. The molecule has 2 N–H and O–H groups in total. The first kappa shape index (κ1) is 23.2. The number of carbonyl (C=O) groups is 3. The van der Waals surface area contributed by atoms with Gasteiger partial charge in [-0.1, -0.05) is 42.8 Å². The van der Waals surface area contributed by atoms with Gasteiger partial charge in [0.15, 0.2) is 0 Å². The van der Waals surface area contributed by atoms with Crippen LogP contribution in [0.4, 0.5) is 0 Å². The average molecular weight is 456 g/mol. The lowest BCUT2D eigenvalue weighted by molar-refractivity contribution is -0.129. The Hall–Kier alpha value is -3.46. The number of sulfonamides is 1. The molecule has 168 valence electrons. The van der Waals surface area contributed by atoms with Gasteiger partial charge in [-0.3, -0.25) is 18.7 Å². The molecule has 0 spiro atoms. The zero-order chi connectivity index (χ0) is 23.3. The van der Waals surface area contributed by atoms with Crippen LogP contribution in [0.1, 0.15) is 40.7 Å². The number of nitrogens with one attached hydrogen (secondary N) is 2. The molecule has 0 radical (unpaired) electrons. The normalized spacial score (nSPS) is 16.9. The van der Waals surface area contributed by atoms with E-state index in [0.29, 0.717) is 5.56 Å². The molecule has 2 atom stereocenters. The van der Waals surface area contributed by atoms with Crippen molar-refractivity contribution in [1.29, 1.82) is 0 Å². The second kappa shape index (κ2) is 9.78. The molecule has 1 aliphatic heterocycles. The standard InChI is InChI=1S/C23H25N3O5S/c1-16-6-8-20(9-7-16)32(30,31)26-11-10-24-23(29)21(26)13-22(28)25-14-17(2)19-5-3-4-18(12-19)15-27/h3-12,15,17,21H,13-14H2,1-2H3,(H,24,29)(H,25,28)/t17?,21-/m1/s1. The van der Waals surface area contributed by atoms with Crippen LogP contribution in [0.5, 0.6) is 0 Å². The lowest BCUT2D eigenvalue weighted by Gasteiger charge is -2.31. The maximum atomic E-state index is 13.1. The minimum Gasteiger partial charge on any atom is -0.355 e. The van der Waals surface area contributed by atoms with Crippen molar-refractivity contribution in [3.8, 4) is 0 Å². The highest BCUT2D eigenvalue weighted by atomic mass is 32.2. The van der Waals surface area contributed by atoms with Crippen molar-refractivity contribution in [2.24, 2.45) is 0 Å². The summed E-state index contributed by atoms with van der Waals surface area (Å²) in [4.78, 5) is 36.0. The summed E-state index contributed by atoms with van der Waals surface area (Å²) >= 11 is 0. The van der Waals surface area contributed by atoms with Crippen LogP contribution in [0.3, 0.4) is 0 Å². The van der Waals surface area contributed by atoms with Crippen LogP contribution in [-0.4, -0.2) is 43.4 Å². The van der Waals surface area contributed by atoms with E-state index < -0.39 is 27.9 Å². The molecular weight excluding hydrogens is 430 g/mol. The number of nitrogens with zero attached hydrogens (tertiary/aromatic N) is 1. The maximum absolute atomic E-state index is 13.1. The van der Waals surface area contributed by atoms with Gasteiger partial charge in [-0.25, -0.2) is 8.42 Å². The monoisotopic (exact) mass is 455 g/mol. The lowest BCUT2D eigenvalue weighted by Crippen LogP contribution is -2.51. The molecule has 0 aromatic heterocycles. The molecule has 1 heterocycles. The number of hydrogen-bond donors (Lipinski definition) is 2. The van der Waals surface area contributed by atoms with E-state index >= 15 is 0 Å². The number of rotatable bonds is 8. The summed E-state index contributed by atoms with van der Waals surface area (Å²) in [5.41, 5.74) is 2.33. The zero-order valence-electron chi connectivity index (χ0n) is 17.8. The number of benzene rings is 2. The number of carbonyl (C=O) groups excluding carboxylic acids is 3. The van der Waals surface area contributed by atoms with Gasteiger partial charge < -0.3 is 10.6 Å². The Bertz CT molecular complexity index is 1140. The average Bonchev–Trinajstić information content (AvgIpc) is 2.79. The fourth-order valence-electron chi connectivity index (χ4n) is 3.34.